The maximum absolute atomic E-state index is 12.3. The van der Waals surface area contributed by atoms with E-state index < -0.39 is 0 Å². The van der Waals surface area contributed by atoms with Gasteiger partial charge < -0.3 is 4.90 Å². The van der Waals surface area contributed by atoms with E-state index >= 15 is 0 Å². The first-order chi connectivity index (χ1) is 9.88. The van der Waals surface area contributed by atoms with E-state index in [1.165, 1.54) is 12.8 Å². The number of carbonyl (C=O) groups is 1. The number of Topliss-reactive ketones (excluding diaryl/α,β-unsaturated/α-hetero) is 1. The SMILES string of the molecule is Cc1ccccc1C(=O)CCN1CCC(C(C)(C)C)CC1. The molecular weight excluding hydrogens is 258 g/mol. The average molecular weight is 287 g/mol. The maximum Gasteiger partial charge on any atom is 0.164 e. The minimum atomic E-state index is 0.283. The predicted molar refractivity (Wildman–Crippen MR) is 88.7 cm³/mol. The summed E-state index contributed by atoms with van der Waals surface area (Å²) >= 11 is 0. The molecule has 116 valence electrons. The average Bonchev–Trinajstić information content (AvgIpc) is 2.45. The predicted octanol–water partition coefficient (Wildman–Crippen LogP) is 4.33. The van der Waals surface area contributed by atoms with E-state index in [0.717, 1.165) is 36.7 Å². The van der Waals surface area contributed by atoms with E-state index in [1.807, 2.05) is 31.2 Å². The summed E-state index contributed by atoms with van der Waals surface area (Å²) in [6.07, 6.45) is 3.18. The van der Waals surface area contributed by atoms with Gasteiger partial charge in [0.05, 0.1) is 0 Å². The molecular formula is C19H29NO. The van der Waals surface area contributed by atoms with Crippen molar-refractivity contribution in [3.05, 3.63) is 35.4 Å². The van der Waals surface area contributed by atoms with Crippen LogP contribution in [0.15, 0.2) is 24.3 Å². The van der Waals surface area contributed by atoms with E-state index in [0.29, 0.717) is 11.8 Å². The van der Waals surface area contributed by atoms with Crippen molar-refractivity contribution in [3.63, 3.8) is 0 Å². The monoisotopic (exact) mass is 287 g/mol. The van der Waals surface area contributed by atoms with Gasteiger partial charge in [0.15, 0.2) is 5.78 Å². The molecule has 0 atom stereocenters. The fraction of sp³-hybridized carbons (Fsp3) is 0.632. The summed E-state index contributed by atoms with van der Waals surface area (Å²) in [4.78, 5) is 14.8. The fourth-order valence-corrected chi connectivity index (χ4v) is 3.30. The highest BCUT2D eigenvalue weighted by Gasteiger charge is 2.28. The van der Waals surface area contributed by atoms with E-state index in [2.05, 4.69) is 25.7 Å². The molecule has 1 aliphatic rings. The number of hydrogen-bond donors (Lipinski definition) is 0. The molecule has 1 heterocycles. The summed E-state index contributed by atoms with van der Waals surface area (Å²) < 4.78 is 0. The number of nitrogens with zero attached hydrogens (tertiary/aromatic N) is 1. The summed E-state index contributed by atoms with van der Waals surface area (Å²) in [5.41, 5.74) is 2.40. The first-order valence-electron chi connectivity index (χ1n) is 8.19. The van der Waals surface area contributed by atoms with Gasteiger partial charge in [-0.2, -0.15) is 0 Å². The molecule has 1 aromatic rings. The van der Waals surface area contributed by atoms with Crippen LogP contribution >= 0.6 is 0 Å². The molecule has 0 radical (unpaired) electrons. The summed E-state index contributed by atoms with van der Waals surface area (Å²) in [6.45, 7) is 12.2. The summed E-state index contributed by atoms with van der Waals surface area (Å²) in [5.74, 6) is 1.10. The highest BCUT2D eigenvalue weighted by atomic mass is 16.1. The Labute approximate surface area is 129 Å². The van der Waals surface area contributed by atoms with E-state index in [1.54, 1.807) is 0 Å². The molecule has 0 bridgehead atoms. The van der Waals surface area contributed by atoms with Crippen molar-refractivity contribution in [3.8, 4) is 0 Å². The molecule has 0 saturated carbocycles. The van der Waals surface area contributed by atoms with Crippen LogP contribution in [0.3, 0.4) is 0 Å². The molecule has 0 unspecified atom stereocenters. The normalized spacial score (nSPS) is 17.9. The van der Waals surface area contributed by atoms with Crippen molar-refractivity contribution in [1.29, 1.82) is 0 Å². The van der Waals surface area contributed by atoms with Gasteiger partial charge in [-0.3, -0.25) is 4.79 Å². The minimum absolute atomic E-state index is 0.283. The van der Waals surface area contributed by atoms with Crippen LogP contribution in [0.4, 0.5) is 0 Å². The van der Waals surface area contributed by atoms with Crippen molar-refractivity contribution in [2.45, 2.75) is 47.0 Å². The van der Waals surface area contributed by atoms with Crippen molar-refractivity contribution in [2.24, 2.45) is 11.3 Å². The number of rotatable bonds is 4. The first-order valence-corrected chi connectivity index (χ1v) is 8.19. The van der Waals surface area contributed by atoms with Crippen LogP contribution in [0.25, 0.3) is 0 Å². The Morgan fingerprint density at radius 2 is 1.81 bits per heavy atom. The molecule has 2 rings (SSSR count). The molecule has 21 heavy (non-hydrogen) atoms. The third-order valence-electron chi connectivity index (χ3n) is 4.91. The lowest BCUT2D eigenvalue weighted by Gasteiger charge is -2.38. The Morgan fingerprint density at radius 1 is 1.19 bits per heavy atom. The van der Waals surface area contributed by atoms with Crippen LogP contribution < -0.4 is 0 Å². The Bertz CT molecular complexity index is 479. The quantitative estimate of drug-likeness (QED) is 0.768. The zero-order valence-corrected chi connectivity index (χ0v) is 14.0. The molecule has 1 saturated heterocycles. The molecule has 1 aromatic carbocycles. The van der Waals surface area contributed by atoms with Gasteiger partial charge in [0.1, 0.15) is 0 Å². The zero-order chi connectivity index (χ0) is 15.5. The largest absolute Gasteiger partial charge is 0.303 e. The zero-order valence-electron chi connectivity index (χ0n) is 14.0. The molecule has 0 N–H and O–H groups in total. The van der Waals surface area contributed by atoms with Gasteiger partial charge in [0, 0.05) is 18.5 Å². The van der Waals surface area contributed by atoms with Crippen LogP contribution in [0, 0.1) is 18.3 Å². The smallest absolute Gasteiger partial charge is 0.164 e. The van der Waals surface area contributed by atoms with Gasteiger partial charge in [-0.1, -0.05) is 45.0 Å². The molecule has 0 amide bonds. The molecule has 1 aliphatic heterocycles. The van der Waals surface area contributed by atoms with Gasteiger partial charge in [0.2, 0.25) is 0 Å². The van der Waals surface area contributed by atoms with Crippen LogP contribution in [-0.4, -0.2) is 30.3 Å². The Kier molecular flexibility index (Phi) is 5.21. The molecule has 0 aromatic heterocycles. The lowest BCUT2D eigenvalue weighted by Crippen LogP contribution is -2.38. The number of benzene rings is 1. The number of likely N-dealkylation sites (tertiary alicyclic amines) is 1. The van der Waals surface area contributed by atoms with Crippen LogP contribution in [0.2, 0.25) is 0 Å². The number of ketones is 1. The van der Waals surface area contributed by atoms with Crippen molar-refractivity contribution < 1.29 is 4.79 Å². The second kappa shape index (κ2) is 6.74. The van der Waals surface area contributed by atoms with Gasteiger partial charge in [-0.05, 0) is 49.8 Å². The topological polar surface area (TPSA) is 20.3 Å². The highest BCUT2D eigenvalue weighted by molar-refractivity contribution is 5.97. The summed E-state index contributed by atoms with van der Waals surface area (Å²) in [6, 6.07) is 7.91. The van der Waals surface area contributed by atoms with E-state index in [4.69, 9.17) is 0 Å². The Hall–Kier alpha value is -1.15. The van der Waals surface area contributed by atoms with E-state index in [9.17, 15) is 4.79 Å². The lowest BCUT2D eigenvalue weighted by molar-refractivity contribution is 0.0901. The van der Waals surface area contributed by atoms with Gasteiger partial charge in [-0.15, -0.1) is 0 Å². The van der Waals surface area contributed by atoms with Gasteiger partial charge in [-0.25, -0.2) is 0 Å². The number of aryl methyl sites for hydroxylation is 1. The second-order valence-electron chi connectivity index (χ2n) is 7.47. The highest BCUT2D eigenvalue weighted by Crippen LogP contribution is 2.34. The van der Waals surface area contributed by atoms with Crippen LogP contribution in [-0.2, 0) is 0 Å². The van der Waals surface area contributed by atoms with Gasteiger partial charge in [0.25, 0.3) is 0 Å². The summed E-state index contributed by atoms with van der Waals surface area (Å²) in [5, 5.41) is 0. The maximum atomic E-state index is 12.3. The molecule has 1 fully saturated rings. The first kappa shape index (κ1) is 16.2. The van der Waals surface area contributed by atoms with Crippen molar-refractivity contribution in [1.82, 2.24) is 4.90 Å². The number of piperidine rings is 1. The third kappa shape index (κ3) is 4.41. The second-order valence-corrected chi connectivity index (χ2v) is 7.47. The Balaban J connectivity index is 1.80. The van der Waals surface area contributed by atoms with Crippen LogP contribution in [0.1, 0.15) is 56.0 Å². The number of hydrogen-bond acceptors (Lipinski definition) is 2. The fourth-order valence-electron chi connectivity index (χ4n) is 3.30. The molecule has 0 aliphatic carbocycles. The van der Waals surface area contributed by atoms with E-state index in [-0.39, 0.29) is 5.78 Å². The third-order valence-corrected chi connectivity index (χ3v) is 4.91. The van der Waals surface area contributed by atoms with Crippen molar-refractivity contribution >= 4 is 5.78 Å². The lowest BCUT2D eigenvalue weighted by atomic mass is 9.75. The number of carbonyl (C=O) groups excluding carboxylic acids is 1. The van der Waals surface area contributed by atoms with Crippen molar-refractivity contribution in [2.75, 3.05) is 19.6 Å². The molecule has 0 spiro atoms. The standard InChI is InChI=1S/C19H29NO/c1-15-7-5-6-8-17(15)18(21)11-14-20-12-9-16(10-13-20)19(2,3)4/h5-8,16H,9-14H2,1-4H3. The molecule has 2 nitrogen and oxygen atoms in total. The minimum Gasteiger partial charge on any atom is -0.303 e. The van der Waals surface area contributed by atoms with Gasteiger partial charge >= 0.3 is 0 Å². The van der Waals surface area contributed by atoms with Crippen LogP contribution in [0.5, 0.6) is 0 Å². The Morgan fingerprint density at radius 3 is 2.38 bits per heavy atom. The molecule has 2 heteroatoms. The summed E-state index contributed by atoms with van der Waals surface area (Å²) in [7, 11) is 0.